The molecule has 0 aliphatic carbocycles. The van der Waals surface area contributed by atoms with Crippen molar-refractivity contribution in [1.29, 1.82) is 0 Å². The molecule has 20 heavy (non-hydrogen) atoms. The van der Waals surface area contributed by atoms with Gasteiger partial charge in [0.15, 0.2) is 11.5 Å². The molecule has 2 rings (SSSR count). The van der Waals surface area contributed by atoms with Crippen LogP contribution < -0.4 is 10.1 Å². The number of hydrogen-bond donors (Lipinski definition) is 2. The minimum atomic E-state index is -0.283. The van der Waals surface area contributed by atoms with E-state index in [4.69, 9.17) is 4.74 Å². The SMILES string of the molecule is COc1cc(CNc2ccc(C)cc2F)cc(Br)c1O. The van der Waals surface area contributed by atoms with Gasteiger partial charge in [0.05, 0.1) is 17.3 Å². The first kappa shape index (κ1) is 14.7. The van der Waals surface area contributed by atoms with Crippen molar-refractivity contribution in [2.75, 3.05) is 12.4 Å². The normalized spacial score (nSPS) is 10.4. The largest absolute Gasteiger partial charge is 0.503 e. The Hall–Kier alpha value is -1.75. The number of aryl methyl sites for hydroxylation is 1. The third kappa shape index (κ3) is 3.22. The Morgan fingerprint density at radius 1 is 1.30 bits per heavy atom. The van der Waals surface area contributed by atoms with Crippen LogP contribution >= 0.6 is 15.9 Å². The lowest BCUT2D eigenvalue weighted by atomic mass is 10.2. The summed E-state index contributed by atoms with van der Waals surface area (Å²) in [5.74, 6) is 0.146. The predicted molar refractivity (Wildman–Crippen MR) is 80.8 cm³/mol. The molecule has 0 atom stereocenters. The van der Waals surface area contributed by atoms with Gasteiger partial charge < -0.3 is 15.2 Å². The lowest BCUT2D eigenvalue weighted by Gasteiger charge is -2.11. The van der Waals surface area contributed by atoms with Crippen LogP contribution in [0, 0.1) is 12.7 Å². The van der Waals surface area contributed by atoms with Crippen molar-refractivity contribution in [2.45, 2.75) is 13.5 Å². The second-order valence-corrected chi connectivity index (χ2v) is 5.32. The van der Waals surface area contributed by atoms with Gasteiger partial charge >= 0.3 is 0 Å². The highest BCUT2D eigenvalue weighted by molar-refractivity contribution is 9.10. The van der Waals surface area contributed by atoms with Gasteiger partial charge in [-0.1, -0.05) is 6.07 Å². The number of anilines is 1. The highest BCUT2D eigenvalue weighted by Gasteiger charge is 2.09. The molecule has 2 aromatic rings. The number of phenolic OH excluding ortho intramolecular Hbond substituents is 1. The Kier molecular flexibility index (Phi) is 4.49. The molecule has 2 aromatic carbocycles. The summed E-state index contributed by atoms with van der Waals surface area (Å²) in [6, 6.07) is 8.50. The smallest absolute Gasteiger partial charge is 0.172 e. The zero-order valence-electron chi connectivity index (χ0n) is 11.2. The molecule has 0 saturated carbocycles. The summed E-state index contributed by atoms with van der Waals surface area (Å²) in [5.41, 5.74) is 2.19. The number of aromatic hydroxyl groups is 1. The van der Waals surface area contributed by atoms with Crippen LogP contribution in [0.25, 0.3) is 0 Å². The Labute approximate surface area is 125 Å². The molecule has 0 radical (unpaired) electrons. The summed E-state index contributed by atoms with van der Waals surface area (Å²) in [7, 11) is 1.48. The summed E-state index contributed by atoms with van der Waals surface area (Å²) in [5, 5.41) is 12.8. The fourth-order valence-electron chi connectivity index (χ4n) is 1.85. The number of halogens is 2. The monoisotopic (exact) mass is 339 g/mol. The molecule has 106 valence electrons. The molecule has 2 N–H and O–H groups in total. The zero-order chi connectivity index (χ0) is 14.7. The summed E-state index contributed by atoms with van der Waals surface area (Å²) >= 11 is 3.26. The summed E-state index contributed by atoms with van der Waals surface area (Å²) in [6.45, 7) is 2.27. The molecule has 0 aliphatic rings. The second kappa shape index (κ2) is 6.13. The van der Waals surface area contributed by atoms with Crippen LogP contribution in [0.2, 0.25) is 0 Å². The average Bonchev–Trinajstić information content (AvgIpc) is 2.41. The van der Waals surface area contributed by atoms with Crippen molar-refractivity contribution in [1.82, 2.24) is 0 Å². The maximum absolute atomic E-state index is 13.7. The Morgan fingerprint density at radius 2 is 2.05 bits per heavy atom. The van der Waals surface area contributed by atoms with Crippen LogP contribution in [-0.4, -0.2) is 12.2 Å². The van der Waals surface area contributed by atoms with Crippen molar-refractivity contribution in [2.24, 2.45) is 0 Å². The van der Waals surface area contributed by atoms with Crippen molar-refractivity contribution in [3.05, 3.63) is 51.7 Å². The minimum Gasteiger partial charge on any atom is -0.503 e. The number of methoxy groups -OCH3 is 1. The molecule has 0 spiro atoms. The van der Waals surface area contributed by atoms with Crippen LogP contribution in [0.4, 0.5) is 10.1 Å². The molecule has 0 amide bonds. The van der Waals surface area contributed by atoms with Gasteiger partial charge in [0, 0.05) is 6.54 Å². The van der Waals surface area contributed by atoms with E-state index < -0.39 is 0 Å². The molecule has 0 unspecified atom stereocenters. The zero-order valence-corrected chi connectivity index (χ0v) is 12.8. The minimum absolute atomic E-state index is 0.0535. The van der Waals surface area contributed by atoms with Crippen LogP contribution in [0.5, 0.6) is 11.5 Å². The van der Waals surface area contributed by atoms with Gasteiger partial charge in [-0.15, -0.1) is 0 Å². The van der Waals surface area contributed by atoms with Crippen LogP contribution in [0.1, 0.15) is 11.1 Å². The third-order valence-corrected chi connectivity index (χ3v) is 3.52. The van der Waals surface area contributed by atoms with Gasteiger partial charge in [-0.05, 0) is 58.2 Å². The number of benzene rings is 2. The fraction of sp³-hybridized carbons (Fsp3) is 0.200. The van der Waals surface area contributed by atoms with E-state index in [1.807, 2.05) is 13.0 Å². The standard InChI is InChI=1S/C15H15BrFNO2/c1-9-3-4-13(12(17)5-9)18-8-10-6-11(16)15(19)14(7-10)20-2/h3-7,18-19H,8H2,1-2H3. The number of phenols is 1. The molecule has 0 aliphatic heterocycles. The van der Waals surface area contributed by atoms with Crippen molar-refractivity contribution >= 4 is 21.6 Å². The molecule has 0 heterocycles. The Balaban J connectivity index is 2.16. The first-order valence-corrected chi connectivity index (χ1v) is 6.86. The molecule has 5 heteroatoms. The predicted octanol–water partition coefficient (Wildman–Crippen LogP) is 4.22. The van der Waals surface area contributed by atoms with E-state index in [1.54, 1.807) is 18.2 Å². The quantitative estimate of drug-likeness (QED) is 0.876. The van der Waals surface area contributed by atoms with Gasteiger partial charge in [-0.2, -0.15) is 0 Å². The van der Waals surface area contributed by atoms with Gasteiger partial charge in [-0.3, -0.25) is 0 Å². The van der Waals surface area contributed by atoms with Crippen LogP contribution in [-0.2, 0) is 6.54 Å². The van der Waals surface area contributed by atoms with Crippen LogP contribution in [0.15, 0.2) is 34.8 Å². The lowest BCUT2D eigenvalue weighted by molar-refractivity contribution is 0.371. The van der Waals surface area contributed by atoms with E-state index in [0.717, 1.165) is 11.1 Å². The topological polar surface area (TPSA) is 41.5 Å². The highest BCUT2D eigenvalue weighted by atomic mass is 79.9. The van der Waals surface area contributed by atoms with Gasteiger partial charge in [0.25, 0.3) is 0 Å². The maximum Gasteiger partial charge on any atom is 0.172 e. The first-order valence-electron chi connectivity index (χ1n) is 6.06. The molecular formula is C15H15BrFNO2. The Bertz CT molecular complexity index is 632. The van der Waals surface area contributed by atoms with E-state index in [9.17, 15) is 9.50 Å². The van der Waals surface area contributed by atoms with Crippen LogP contribution in [0.3, 0.4) is 0 Å². The molecule has 0 aromatic heterocycles. The van der Waals surface area contributed by atoms with Crippen molar-refractivity contribution in [3.8, 4) is 11.5 Å². The summed E-state index contributed by atoms with van der Waals surface area (Å²) < 4.78 is 19.3. The fourth-order valence-corrected chi connectivity index (χ4v) is 2.34. The number of nitrogens with one attached hydrogen (secondary N) is 1. The molecule has 3 nitrogen and oxygen atoms in total. The molecule has 0 fully saturated rings. The van der Waals surface area contributed by atoms with Crippen molar-refractivity contribution in [3.63, 3.8) is 0 Å². The van der Waals surface area contributed by atoms with E-state index in [2.05, 4.69) is 21.2 Å². The summed E-state index contributed by atoms with van der Waals surface area (Å²) in [6.07, 6.45) is 0. The van der Waals surface area contributed by atoms with E-state index in [-0.39, 0.29) is 11.6 Å². The summed E-state index contributed by atoms with van der Waals surface area (Å²) in [4.78, 5) is 0. The average molecular weight is 340 g/mol. The highest BCUT2D eigenvalue weighted by Crippen LogP contribution is 2.35. The van der Waals surface area contributed by atoms with E-state index in [1.165, 1.54) is 13.2 Å². The second-order valence-electron chi connectivity index (χ2n) is 4.47. The molecule has 0 saturated heterocycles. The van der Waals surface area contributed by atoms with E-state index in [0.29, 0.717) is 22.5 Å². The first-order chi connectivity index (χ1) is 9.51. The number of rotatable bonds is 4. The molecular weight excluding hydrogens is 325 g/mol. The molecule has 0 bridgehead atoms. The maximum atomic E-state index is 13.7. The Morgan fingerprint density at radius 3 is 2.70 bits per heavy atom. The van der Waals surface area contributed by atoms with Gasteiger partial charge in [0.1, 0.15) is 5.82 Å². The third-order valence-electron chi connectivity index (χ3n) is 2.92. The van der Waals surface area contributed by atoms with Crippen molar-refractivity contribution < 1.29 is 14.2 Å². The number of ether oxygens (including phenoxy) is 1. The van der Waals surface area contributed by atoms with E-state index >= 15 is 0 Å². The van der Waals surface area contributed by atoms with Gasteiger partial charge in [0.2, 0.25) is 0 Å². The van der Waals surface area contributed by atoms with Gasteiger partial charge in [-0.25, -0.2) is 4.39 Å². The number of hydrogen-bond acceptors (Lipinski definition) is 3. The lowest BCUT2D eigenvalue weighted by Crippen LogP contribution is -2.02.